The van der Waals surface area contributed by atoms with E-state index in [1.807, 2.05) is 54.6 Å². The molecule has 0 spiro atoms. The first kappa shape index (κ1) is 27.1. The zero-order chi connectivity index (χ0) is 32.6. The number of hydrogen-bond donors (Lipinski definition) is 0. The standard InChI is InChI=1S/C44H24N4O/c1-45-28-20-24-39-35(26-28)31-10-3-6-15-37(31)48(39)43-30(13-9-14-36(43)46-2)27-18-21-29(22-19-27)47-38-16-7-4-12-34(38)42-40(47)25-23-33-32-11-5-8-17-41(32)49-44(33)42/h3-26H. The Morgan fingerprint density at radius 3 is 1.98 bits per heavy atom. The van der Waals surface area contributed by atoms with Crippen molar-refractivity contribution in [3.05, 3.63) is 168 Å². The van der Waals surface area contributed by atoms with E-state index in [2.05, 4.69) is 110 Å². The van der Waals surface area contributed by atoms with Crippen LogP contribution in [0.3, 0.4) is 0 Å². The van der Waals surface area contributed by atoms with Crippen LogP contribution in [0.2, 0.25) is 0 Å². The average molecular weight is 625 g/mol. The third-order valence-corrected chi connectivity index (χ3v) is 9.76. The second-order valence-electron chi connectivity index (χ2n) is 12.3. The van der Waals surface area contributed by atoms with Crippen LogP contribution in [0.1, 0.15) is 0 Å². The number of benzene rings is 7. The maximum absolute atomic E-state index is 8.16. The second-order valence-corrected chi connectivity index (χ2v) is 12.3. The molecule has 0 radical (unpaired) electrons. The van der Waals surface area contributed by atoms with Crippen LogP contribution in [0.4, 0.5) is 11.4 Å². The van der Waals surface area contributed by atoms with E-state index in [4.69, 9.17) is 17.6 Å². The lowest BCUT2D eigenvalue weighted by Crippen LogP contribution is -1.98. The summed E-state index contributed by atoms with van der Waals surface area (Å²) in [6.45, 7) is 15.8. The van der Waals surface area contributed by atoms with E-state index in [-0.39, 0.29) is 0 Å². The molecule has 0 atom stereocenters. The highest BCUT2D eigenvalue weighted by Crippen LogP contribution is 2.43. The van der Waals surface area contributed by atoms with Crippen LogP contribution in [0.15, 0.2) is 150 Å². The number of para-hydroxylation sites is 4. The van der Waals surface area contributed by atoms with Crippen LogP contribution >= 0.6 is 0 Å². The van der Waals surface area contributed by atoms with Gasteiger partial charge in [-0.1, -0.05) is 91.0 Å². The maximum Gasteiger partial charge on any atom is 0.211 e. The van der Waals surface area contributed by atoms with Gasteiger partial charge in [-0.05, 0) is 71.1 Å². The molecule has 0 amide bonds. The van der Waals surface area contributed by atoms with Crippen molar-refractivity contribution in [2.24, 2.45) is 0 Å². The predicted molar refractivity (Wildman–Crippen MR) is 200 cm³/mol. The average Bonchev–Trinajstić information content (AvgIpc) is 3.82. The Morgan fingerprint density at radius 1 is 0.490 bits per heavy atom. The monoisotopic (exact) mass is 624 g/mol. The second kappa shape index (κ2) is 10.2. The van der Waals surface area contributed by atoms with E-state index in [9.17, 15) is 0 Å². The zero-order valence-electron chi connectivity index (χ0n) is 26.1. The van der Waals surface area contributed by atoms with Gasteiger partial charge in [0.25, 0.3) is 0 Å². The molecular weight excluding hydrogens is 601 g/mol. The smallest absolute Gasteiger partial charge is 0.211 e. The fraction of sp³-hybridized carbons (Fsp3) is 0. The van der Waals surface area contributed by atoms with Gasteiger partial charge in [-0.2, -0.15) is 0 Å². The quantitative estimate of drug-likeness (QED) is 0.180. The highest BCUT2D eigenvalue weighted by atomic mass is 16.3. The molecular formula is C44H24N4O. The lowest BCUT2D eigenvalue weighted by molar-refractivity contribution is 0.673. The van der Waals surface area contributed by atoms with Crippen molar-refractivity contribution in [3.8, 4) is 22.5 Å². The number of hydrogen-bond acceptors (Lipinski definition) is 1. The molecule has 0 bridgehead atoms. The van der Waals surface area contributed by atoms with Crippen LogP contribution in [0.25, 0.3) is 97.7 Å². The molecule has 5 nitrogen and oxygen atoms in total. The van der Waals surface area contributed by atoms with E-state index in [1.165, 1.54) is 0 Å². The molecule has 3 heterocycles. The summed E-state index contributed by atoms with van der Waals surface area (Å²) in [6, 6.07) is 49.6. The van der Waals surface area contributed by atoms with Gasteiger partial charge >= 0.3 is 0 Å². The molecule has 0 unspecified atom stereocenters. The van der Waals surface area contributed by atoms with Gasteiger partial charge in [-0.25, -0.2) is 9.69 Å². The minimum absolute atomic E-state index is 0.565. The number of aromatic nitrogens is 2. The van der Waals surface area contributed by atoms with Crippen LogP contribution < -0.4 is 0 Å². The lowest BCUT2D eigenvalue weighted by atomic mass is 10.0. The highest BCUT2D eigenvalue weighted by molar-refractivity contribution is 6.23. The Hall–Kier alpha value is -7.08. The van der Waals surface area contributed by atoms with Crippen molar-refractivity contribution in [2.45, 2.75) is 0 Å². The summed E-state index contributed by atoms with van der Waals surface area (Å²) < 4.78 is 11.0. The zero-order valence-corrected chi connectivity index (χ0v) is 26.1. The summed E-state index contributed by atoms with van der Waals surface area (Å²) >= 11 is 0. The lowest BCUT2D eigenvalue weighted by Gasteiger charge is -2.17. The largest absolute Gasteiger partial charge is 0.455 e. The highest BCUT2D eigenvalue weighted by Gasteiger charge is 2.21. The molecule has 0 fully saturated rings. The van der Waals surface area contributed by atoms with E-state index in [1.54, 1.807) is 0 Å². The molecule has 0 N–H and O–H groups in total. The number of nitrogens with zero attached hydrogens (tertiary/aromatic N) is 4. The Bertz CT molecular complexity index is 3070. The van der Waals surface area contributed by atoms with Gasteiger partial charge in [0, 0.05) is 27.2 Å². The Kier molecular flexibility index (Phi) is 5.64. The number of rotatable bonds is 3. The van der Waals surface area contributed by atoms with Crippen LogP contribution in [0, 0.1) is 13.1 Å². The summed E-state index contributed by atoms with van der Waals surface area (Å²) in [5.74, 6) is 0. The van der Waals surface area contributed by atoms with Crippen molar-refractivity contribution < 1.29 is 4.42 Å². The summed E-state index contributed by atoms with van der Waals surface area (Å²) in [6.07, 6.45) is 0. The molecule has 3 aromatic heterocycles. The SMILES string of the molecule is [C-]#[N+]c1ccc2c(c1)c1ccccc1n2-c1c([N+]#[C-])cccc1-c1ccc(-n2c3ccccc3c3c4oc5ccccc5c4ccc32)cc1. The van der Waals surface area contributed by atoms with Gasteiger partial charge in [0.2, 0.25) is 5.69 Å². The first-order valence-electron chi connectivity index (χ1n) is 16.1. The molecule has 49 heavy (non-hydrogen) atoms. The van der Waals surface area contributed by atoms with E-state index in [0.29, 0.717) is 11.4 Å². The van der Waals surface area contributed by atoms with Crippen molar-refractivity contribution in [2.75, 3.05) is 0 Å². The minimum atomic E-state index is 0.565. The van der Waals surface area contributed by atoms with Gasteiger partial charge in [-0.15, -0.1) is 0 Å². The molecule has 10 rings (SSSR count). The van der Waals surface area contributed by atoms with Gasteiger partial charge in [0.15, 0.2) is 5.69 Å². The third kappa shape index (κ3) is 3.79. The molecule has 226 valence electrons. The molecule has 0 saturated carbocycles. The fourth-order valence-electron chi connectivity index (χ4n) is 7.66. The van der Waals surface area contributed by atoms with Gasteiger partial charge in [0.1, 0.15) is 11.2 Å². The fourth-order valence-corrected chi connectivity index (χ4v) is 7.66. The Morgan fingerprint density at radius 2 is 1.18 bits per heavy atom. The van der Waals surface area contributed by atoms with E-state index < -0.39 is 0 Å². The normalized spacial score (nSPS) is 11.6. The van der Waals surface area contributed by atoms with Crippen molar-refractivity contribution in [1.82, 2.24) is 9.13 Å². The molecule has 0 saturated heterocycles. The Labute approximate surface area is 280 Å². The van der Waals surface area contributed by atoms with Crippen molar-refractivity contribution in [3.63, 3.8) is 0 Å². The van der Waals surface area contributed by atoms with Crippen LogP contribution in [-0.2, 0) is 0 Å². The molecule has 7 aromatic carbocycles. The van der Waals surface area contributed by atoms with Crippen molar-refractivity contribution >= 4 is 76.9 Å². The topological polar surface area (TPSA) is 31.7 Å². The molecule has 0 aliphatic rings. The van der Waals surface area contributed by atoms with Gasteiger partial charge in [0.05, 0.1) is 46.3 Å². The summed E-state index contributed by atoms with van der Waals surface area (Å²) in [5.41, 5.74) is 10.9. The molecule has 5 heteroatoms. The van der Waals surface area contributed by atoms with E-state index in [0.717, 1.165) is 88.1 Å². The molecule has 0 aliphatic heterocycles. The van der Waals surface area contributed by atoms with Crippen LogP contribution in [-0.4, -0.2) is 9.13 Å². The first-order valence-corrected chi connectivity index (χ1v) is 16.1. The summed E-state index contributed by atoms with van der Waals surface area (Å²) in [5, 5.41) is 6.53. The van der Waals surface area contributed by atoms with Gasteiger partial charge in [-0.3, -0.25) is 0 Å². The van der Waals surface area contributed by atoms with Crippen molar-refractivity contribution in [1.29, 1.82) is 0 Å². The number of fused-ring (bicyclic) bond motifs is 10. The maximum atomic E-state index is 8.16. The minimum Gasteiger partial charge on any atom is -0.455 e. The Balaban J connectivity index is 1.19. The summed E-state index contributed by atoms with van der Waals surface area (Å²) in [7, 11) is 0. The predicted octanol–water partition coefficient (Wildman–Crippen LogP) is 12.5. The van der Waals surface area contributed by atoms with Crippen LogP contribution in [0.5, 0.6) is 0 Å². The molecule has 0 aliphatic carbocycles. The summed E-state index contributed by atoms with van der Waals surface area (Å²) in [4.78, 5) is 7.68. The number of furan rings is 1. The first-order chi connectivity index (χ1) is 24.2. The van der Waals surface area contributed by atoms with Gasteiger partial charge < -0.3 is 13.6 Å². The third-order valence-electron chi connectivity index (χ3n) is 9.76. The van der Waals surface area contributed by atoms with E-state index >= 15 is 0 Å². The molecule has 10 aromatic rings.